The second kappa shape index (κ2) is 5.93. The van der Waals surface area contributed by atoms with Crippen LogP contribution in [0.25, 0.3) is 0 Å². The van der Waals surface area contributed by atoms with E-state index in [4.69, 9.17) is 42.8 Å². The predicted octanol–water partition coefficient (Wildman–Crippen LogP) is 2.21. The molecule has 21 heavy (non-hydrogen) atoms. The van der Waals surface area contributed by atoms with Crippen molar-refractivity contribution >= 4 is 38.4 Å². The van der Waals surface area contributed by atoms with Crippen molar-refractivity contribution in [1.82, 2.24) is 5.32 Å². The van der Waals surface area contributed by atoms with E-state index in [9.17, 15) is 9.13 Å². The van der Waals surface area contributed by atoms with E-state index >= 15 is 0 Å². The van der Waals surface area contributed by atoms with Crippen LogP contribution < -0.4 is 5.32 Å². The summed E-state index contributed by atoms with van der Waals surface area (Å²) in [7, 11) is -10.0. The standard InChI is InChI=1S/C10H13Cl2NO6P2/c11-7-3-5-1-2-9(6(5)4-8(7)12)13-10(20(14,15)16)21(17,18)19/h3-4,9-10,13H,1-2H2,(H2,14,15,16)(H2,17,18,19). The van der Waals surface area contributed by atoms with Crippen LogP contribution in [0.1, 0.15) is 23.6 Å². The van der Waals surface area contributed by atoms with Crippen LogP contribution in [-0.2, 0) is 15.6 Å². The highest BCUT2D eigenvalue weighted by atomic mass is 35.5. The van der Waals surface area contributed by atoms with Gasteiger partial charge in [-0.3, -0.25) is 14.4 Å². The van der Waals surface area contributed by atoms with E-state index in [-0.39, 0.29) is 5.02 Å². The van der Waals surface area contributed by atoms with Gasteiger partial charge in [-0.05, 0) is 36.1 Å². The molecule has 5 N–H and O–H groups in total. The molecule has 0 aliphatic heterocycles. The molecule has 1 atom stereocenters. The molecule has 11 heteroatoms. The van der Waals surface area contributed by atoms with Crippen molar-refractivity contribution < 1.29 is 28.7 Å². The number of aryl methyl sites for hydroxylation is 1. The number of hydrogen-bond donors (Lipinski definition) is 5. The van der Waals surface area contributed by atoms with Gasteiger partial charge in [0.2, 0.25) is 5.52 Å². The maximum atomic E-state index is 11.3. The number of hydrogen-bond acceptors (Lipinski definition) is 3. The number of halogens is 2. The van der Waals surface area contributed by atoms with E-state index in [0.29, 0.717) is 23.4 Å². The lowest BCUT2D eigenvalue weighted by molar-refractivity contribution is 0.320. The fourth-order valence-electron chi connectivity index (χ4n) is 2.34. The molecule has 118 valence electrons. The van der Waals surface area contributed by atoms with Gasteiger partial charge in [0.05, 0.1) is 10.0 Å². The van der Waals surface area contributed by atoms with Gasteiger partial charge in [-0.25, -0.2) is 0 Å². The second-order valence-corrected chi connectivity index (χ2v) is 9.39. The normalized spacial score (nSPS) is 19.1. The van der Waals surface area contributed by atoms with Crippen molar-refractivity contribution in [2.75, 3.05) is 0 Å². The molecule has 1 aromatic rings. The minimum Gasteiger partial charge on any atom is -0.323 e. The molecule has 1 unspecified atom stereocenters. The number of rotatable bonds is 4. The zero-order valence-electron chi connectivity index (χ0n) is 10.5. The van der Waals surface area contributed by atoms with Crippen LogP contribution in [0.5, 0.6) is 0 Å². The molecule has 0 spiro atoms. The van der Waals surface area contributed by atoms with Crippen molar-refractivity contribution in [1.29, 1.82) is 0 Å². The third-order valence-corrected chi connectivity index (χ3v) is 7.35. The molecular formula is C10H13Cl2NO6P2. The zero-order chi connectivity index (χ0) is 16.0. The first-order chi connectivity index (χ1) is 9.50. The summed E-state index contributed by atoms with van der Waals surface area (Å²) in [4.78, 5) is 36.5. The lowest BCUT2D eigenvalue weighted by Crippen LogP contribution is -2.31. The lowest BCUT2D eigenvalue weighted by Gasteiger charge is -2.25. The van der Waals surface area contributed by atoms with E-state index in [1.165, 1.54) is 0 Å². The first-order valence-electron chi connectivity index (χ1n) is 5.84. The van der Waals surface area contributed by atoms with Crippen molar-refractivity contribution in [2.24, 2.45) is 0 Å². The quantitative estimate of drug-likeness (QED) is 0.510. The van der Waals surface area contributed by atoms with Gasteiger partial charge in [0.1, 0.15) is 0 Å². The molecule has 0 amide bonds. The Bertz CT molecular complexity index is 635. The van der Waals surface area contributed by atoms with E-state index in [0.717, 1.165) is 5.56 Å². The van der Waals surface area contributed by atoms with Crippen LogP contribution in [0.2, 0.25) is 10.0 Å². The molecule has 0 aromatic heterocycles. The maximum absolute atomic E-state index is 11.3. The average Bonchev–Trinajstić information content (AvgIpc) is 2.66. The van der Waals surface area contributed by atoms with E-state index in [1.54, 1.807) is 12.1 Å². The molecule has 2 rings (SSSR count). The van der Waals surface area contributed by atoms with Gasteiger partial charge in [-0.1, -0.05) is 23.2 Å². The molecular weight excluding hydrogens is 363 g/mol. The summed E-state index contributed by atoms with van der Waals surface area (Å²) in [6.07, 6.45) is 1.00. The third kappa shape index (κ3) is 3.88. The van der Waals surface area contributed by atoms with Gasteiger partial charge < -0.3 is 19.6 Å². The van der Waals surface area contributed by atoms with Crippen molar-refractivity contribution in [2.45, 2.75) is 24.4 Å². The Hall–Kier alpha value is 0.0600. The summed E-state index contributed by atoms with van der Waals surface area (Å²) in [5.74, 6) is 0. The molecule has 1 aliphatic carbocycles. The van der Waals surface area contributed by atoms with Crippen LogP contribution in [-0.4, -0.2) is 25.1 Å². The van der Waals surface area contributed by atoms with Crippen molar-refractivity contribution in [3.63, 3.8) is 0 Å². The SMILES string of the molecule is O=P(O)(O)C(NC1CCc2cc(Cl)c(Cl)cc21)P(=O)(O)O. The monoisotopic (exact) mass is 375 g/mol. The smallest absolute Gasteiger partial charge is 0.323 e. The molecule has 0 saturated heterocycles. The maximum Gasteiger partial charge on any atom is 0.354 e. The van der Waals surface area contributed by atoms with Gasteiger partial charge >= 0.3 is 15.2 Å². The van der Waals surface area contributed by atoms with Gasteiger partial charge in [-0.2, -0.15) is 0 Å². The van der Waals surface area contributed by atoms with Crippen LogP contribution in [0, 0.1) is 0 Å². The average molecular weight is 376 g/mol. The number of fused-ring (bicyclic) bond motifs is 1. The fourth-order valence-corrected chi connectivity index (χ4v) is 5.02. The van der Waals surface area contributed by atoms with Crippen LogP contribution in [0.15, 0.2) is 12.1 Å². The molecule has 0 fully saturated rings. The highest BCUT2D eigenvalue weighted by Gasteiger charge is 2.45. The fraction of sp³-hybridized carbons (Fsp3) is 0.400. The lowest BCUT2D eigenvalue weighted by atomic mass is 10.1. The van der Waals surface area contributed by atoms with Crippen LogP contribution >= 0.6 is 38.4 Å². The Balaban J connectivity index is 2.33. The van der Waals surface area contributed by atoms with Gasteiger partial charge in [-0.15, -0.1) is 0 Å². The van der Waals surface area contributed by atoms with Gasteiger partial charge in [0.15, 0.2) is 0 Å². The Morgan fingerprint density at radius 2 is 1.62 bits per heavy atom. The Kier molecular flexibility index (Phi) is 4.92. The summed E-state index contributed by atoms with van der Waals surface area (Å²) in [6, 6.07) is 2.57. The third-order valence-electron chi connectivity index (χ3n) is 3.25. The van der Waals surface area contributed by atoms with Crippen LogP contribution in [0.3, 0.4) is 0 Å². The summed E-state index contributed by atoms with van der Waals surface area (Å²) in [5.41, 5.74) is -0.774. The van der Waals surface area contributed by atoms with Crippen LogP contribution in [0.4, 0.5) is 0 Å². The molecule has 1 aliphatic rings. The highest BCUT2D eigenvalue weighted by molar-refractivity contribution is 7.70. The van der Waals surface area contributed by atoms with Crippen molar-refractivity contribution in [3.8, 4) is 0 Å². The van der Waals surface area contributed by atoms with E-state index in [1.807, 2.05) is 0 Å². The first kappa shape index (κ1) is 17.4. The summed E-state index contributed by atoms with van der Waals surface area (Å²) in [5, 5.41) is 3.00. The summed E-state index contributed by atoms with van der Waals surface area (Å²) in [6.45, 7) is 0. The second-order valence-electron chi connectivity index (χ2n) is 4.77. The molecule has 0 heterocycles. The summed E-state index contributed by atoms with van der Waals surface area (Å²) >= 11 is 11.8. The zero-order valence-corrected chi connectivity index (χ0v) is 13.8. The van der Waals surface area contributed by atoms with E-state index < -0.39 is 26.8 Å². The Morgan fingerprint density at radius 1 is 1.10 bits per heavy atom. The molecule has 0 saturated carbocycles. The Morgan fingerprint density at radius 3 is 2.14 bits per heavy atom. The molecule has 7 nitrogen and oxygen atoms in total. The van der Waals surface area contributed by atoms with Gasteiger partial charge in [0, 0.05) is 6.04 Å². The van der Waals surface area contributed by atoms with Gasteiger partial charge in [0.25, 0.3) is 0 Å². The topological polar surface area (TPSA) is 127 Å². The molecule has 0 radical (unpaired) electrons. The first-order valence-corrected chi connectivity index (χ1v) is 9.96. The minimum absolute atomic E-state index is 0.271. The van der Waals surface area contributed by atoms with Crippen molar-refractivity contribution in [3.05, 3.63) is 33.3 Å². The Labute approximate surface area is 130 Å². The predicted molar refractivity (Wildman–Crippen MR) is 78.5 cm³/mol. The highest BCUT2D eigenvalue weighted by Crippen LogP contribution is 2.59. The largest absolute Gasteiger partial charge is 0.354 e. The minimum atomic E-state index is -5.02. The molecule has 0 bridgehead atoms. The number of benzene rings is 1. The van der Waals surface area contributed by atoms with E-state index in [2.05, 4.69) is 5.32 Å². The molecule has 1 aromatic carbocycles. The number of nitrogens with one attached hydrogen (secondary N) is 1. The summed E-state index contributed by atoms with van der Waals surface area (Å²) < 4.78 is 22.6.